The molecule has 1 aromatic heterocycles. The van der Waals surface area contributed by atoms with Crippen molar-refractivity contribution >= 4 is 39.8 Å². The van der Waals surface area contributed by atoms with Crippen molar-refractivity contribution in [2.75, 3.05) is 17.7 Å². The number of rotatable bonds is 7. The minimum absolute atomic E-state index is 0.365. The van der Waals surface area contributed by atoms with Gasteiger partial charge in [0.1, 0.15) is 5.75 Å². The number of hydrogen-bond donors (Lipinski definition) is 1. The van der Waals surface area contributed by atoms with Gasteiger partial charge in [-0.05, 0) is 26.0 Å². The standard InChI is InChI=1S/C13H16ClN3OS2/c1-9(2)15-12-16-17-13(20-12)19-8-7-18-11-6-4-3-5-10(11)14/h3-6,9H,7-8H2,1-2H3,(H,15,16). The van der Waals surface area contributed by atoms with E-state index in [1.165, 1.54) is 0 Å². The molecule has 0 saturated carbocycles. The Morgan fingerprint density at radius 3 is 2.90 bits per heavy atom. The molecule has 0 amide bonds. The highest BCUT2D eigenvalue weighted by Gasteiger charge is 2.06. The van der Waals surface area contributed by atoms with Crippen LogP contribution in [0.5, 0.6) is 5.75 Å². The minimum atomic E-state index is 0.365. The molecule has 4 nitrogen and oxygen atoms in total. The summed E-state index contributed by atoms with van der Waals surface area (Å²) >= 11 is 9.20. The molecule has 7 heteroatoms. The van der Waals surface area contributed by atoms with E-state index >= 15 is 0 Å². The number of para-hydroxylation sites is 1. The SMILES string of the molecule is CC(C)Nc1nnc(SCCOc2ccccc2Cl)s1. The van der Waals surface area contributed by atoms with E-state index in [4.69, 9.17) is 16.3 Å². The second-order valence-corrected chi connectivity index (χ2v) is 7.03. The van der Waals surface area contributed by atoms with Crippen molar-refractivity contribution in [1.82, 2.24) is 10.2 Å². The lowest BCUT2D eigenvalue weighted by Gasteiger charge is -2.06. The van der Waals surface area contributed by atoms with E-state index in [2.05, 4.69) is 29.4 Å². The molecular weight excluding hydrogens is 314 g/mol. The normalized spacial score (nSPS) is 10.8. The maximum Gasteiger partial charge on any atom is 0.206 e. The number of hydrogen-bond acceptors (Lipinski definition) is 6. The van der Waals surface area contributed by atoms with Gasteiger partial charge in [-0.3, -0.25) is 0 Å². The number of benzene rings is 1. The first-order valence-corrected chi connectivity index (χ1v) is 8.43. The predicted molar refractivity (Wildman–Crippen MR) is 86.3 cm³/mol. The summed E-state index contributed by atoms with van der Waals surface area (Å²) in [7, 11) is 0. The summed E-state index contributed by atoms with van der Waals surface area (Å²) in [4.78, 5) is 0. The van der Waals surface area contributed by atoms with E-state index in [9.17, 15) is 0 Å². The molecule has 0 bridgehead atoms. The average Bonchev–Trinajstić information content (AvgIpc) is 2.83. The van der Waals surface area contributed by atoms with Gasteiger partial charge in [0.05, 0.1) is 11.6 Å². The zero-order chi connectivity index (χ0) is 14.4. The summed E-state index contributed by atoms with van der Waals surface area (Å²) in [5.41, 5.74) is 0. The molecule has 0 saturated heterocycles. The molecule has 0 unspecified atom stereocenters. The molecule has 2 rings (SSSR count). The first-order chi connectivity index (χ1) is 9.65. The highest BCUT2D eigenvalue weighted by molar-refractivity contribution is 8.01. The van der Waals surface area contributed by atoms with Gasteiger partial charge in [0.2, 0.25) is 5.13 Å². The number of aromatic nitrogens is 2. The van der Waals surface area contributed by atoms with Gasteiger partial charge >= 0.3 is 0 Å². The third-order valence-electron chi connectivity index (χ3n) is 2.22. The summed E-state index contributed by atoms with van der Waals surface area (Å²) in [5, 5.41) is 12.9. The van der Waals surface area contributed by atoms with Crippen LogP contribution in [0.3, 0.4) is 0 Å². The molecule has 0 spiro atoms. The fraction of sp³-hybridized carbons (Fsp3) is 0.385. The van der Waals surface area contributed by atoms with Gasteiger partial charge in [0.25, 0.3) is 0 Å². The quantitative estimate of drug-likeness (QED) is 0.610. The van der Waals surface area contributed by atoms with Crippen LogP contribution in [-0.4, -0.2) is 28.6 Å². The summed E-state index contributed by atoms with van der Waals surface area (Å²) in [6.07, 6.45) is 0. The number of thioether (sulfide) groups is 1. The Bertz CT molecular complexity index is 548. The second kappa shape index (κ2) is 7.71. The molecular formula is C13H16ClN3OS2. The molecule has 2 aromatic rings. The van der Waals surface area contributed by atoms with Crippen molar-refractivity contribution in [2.45, 2.75) is 24.2 Å². The smallest absolute Gasteiger partial charge is 0.206 e. The van der Waals surface area contributed by atoms with Crippen molar-refractivity contribution in [1.29, 1.82) is 0 Å². The van der Waals surface area contributed by atoms with E-state index in [-0.39, 0.29) is 0 Å². The topological polar surface area (TPSA) is 47.0 Å². The van der Waals surface area contributed by atoms with Gasteiger partial charge in [-0.1, -0.05) is 46.8 Å². The zero-order valence-corrected chi connectivity index (χ0v) is 13.7. The molecule has 0 aliphatic heterocycles. The maximum atomic E-state index is 6.01. The maximum absolute atomic E-state index is 6.01. The lowest BCUT2D eigenvalue weighted by molar-refractivity contribution is 0.344. The van der Waals surface area contributed by atoms with Gasteiger partial charge < -0.3 is 10.1 Å². The highest BCUT2D eigenvalue weighted by atomic mass is 35.5. The van der Waals surface area contributed by atoms with Crippen LogP contribution >= 0.6 is 34.7 Å². The van der Waals surface area contributed by atoms with E-state index in [1.54, 1.807) is 23.1 Å². The largest absolute Gasteiger partial charge is 0.491 e. The van der Waals surface area contributed by atoms with E-state index in [1.807, 2.05) is 24.3 Å². The molecule has 1 heterocycles. The molecule has 1 aromatic carbocycles. The van der Waals surface area contributed by atoms with E-state index in [0.29, 0.717) is 23.4 Å². The molecule has 1 N–H and O–H groups in total. The highest BCUT2D eigenvalue weighted by Crippen LogP contribution is 2.27. The third-order valence-corrected chi connectivity index (χ3v) is 4.49. The minimum Gasteiger partial charge on any atom is -0.491 e. The lowest BCUT2D eigenvalue weighted by Crippen LogP contribution is -2.08. The van der Waals surface area contributed by atoms with Gasteiger partial charge in [-0.15, -0.1) is 10.2 Å². The number of halogens is 1. The van der Waals surface area contributed by atoms with Crippen molar-refractivity contribution in [3.8, 4) is 5.75 Å². The van der Waals surface area contributed by atoms with Crippen LogP contribution < -0.4 is 10.1 Å². The fourth-order valence-electron chi connectivity index (χ4n) is 1.42. The van der Waals surface area contributed by atoms with Gasteiger partial charge in [0.15, 0.2) is 4.34 Å². The Morgan fingerprint density at radius 2 is 2.15 bits per heavy atom. The first-order valence-electron chi connectivity index (χ1n) is 6.25. The summed E-state index contributed by atoms with van der Waals surface area (Å²) in [5.74, 6) is 1.52. The van der Waals surface area contributed by atoms with Crippen LogP contribution in [0.4, 0.5) is 5.13 Å². The van der Waals surface area contributed by atoms with E-state index in [0.717, 1.165) is 15.2 Å². The van der Waals surface area contributed by atoms with Crippen molar-refractivity contribution in [3.63, 3.8) is 0 Å². The van der Waals surface area contributed by atoms with Crippen molar-refractivity contribution in [2.24, 2.45) is 0 Å². The molecule has 0 fully saturated rings. The molecule has 0 radical (unpaired) electrons. The monoisotopic (exact) mass is 329 g/mol. The molecule has 20 heavy (non-hydrogen) atoms. The molecule has 0 atom stereocenters. The van der Waals surface area contributed by atoms with Crippen LogP contribution in [-0.2, 0) is 0 Å². The Kier molecular flexibility index (Phi) is 5.94. The molecule has 0 aliphatic rings. The molecule has 0 aliphatic carbocycles. The average molecular weight is 330 g/mol. The summed E-state index contributed by atoms with van der Waals surface area (Å²) < 4.78 is 6.56. The Balaban J connectivity index is 1.73. The van der Waals surface area contributed by atoms with E-state index < -0.39 is 0 Å². The van der Waals surface area contributed by atoms with Crippen LogP contribution in [0.2, 0.25) is 5.02 Å². The number of nitrogens with zero attached hydrogens (tertiary/aromatic N) is 2. The Morgan fingerprint density at radius 1 is 1.35 bits per heavy atom. The predicted octanol–water partition coefficient (Wildman–Crippen LogP) is 4.18. The van der Waals surface area contributed by atoms with Gasteiger partial charge in [0, 0.05) is 11.8 Å². The third kappa shape index (κ3) is 4.85. The van der Waals surface area contributed by atoms with Gasteiger partial charge in [-0.25, -0.2) is 0 Å². The second-order valence-electron chi connectivity index (χ2n) is 4.30. The van der Waals surface area contributed by atoms with Crippen LogP contribution in [0.15, 0.2) is 28.6 Å². The van der Waals surface area contributed by atoms with Crippen LogP contribution in [0.25, 0.3) is 0 Å². The number of nitrogens with one attached hydrogen (secondary N) is 1. The number of ether oxygens (including phenoxy) is 1. The van der Waals surface area contributed by atoms with Crippen molar-refractivity contribution < 1.29 is 4.74 Å². The van der Waals surface area contributed by atoms with Crippen LogP contribution in [0, 0.1) is 0 Å². The molecule has 108 valence electrons. The van der Waals surface area contributed by atoms with Crippen LogP contribution in [0.1, 0.15) is 13.8 Å². The lowest BCUT2D eigenvalue weighted by atomic mass is 10.3. The summed E-state index contributed by atoms with van der Waals surface area (Å²) in [6.45, 7) is 4.73. The fourth-order valence-corrected chi connectivity index (χ4v) is 3.39. The number of anilines is 1. The summed E-state index contributed by atoms with van der Waals surface area (Å²) in [6, 6.07) is 7.84. The Labute approximate surface area is 131 Å². The first kappa shape index (κ1) is 15.4. The van der Waals surface area contributed by atoms with Gasteiger partial charge in [-0.2, -0.15) is 0 Å². The zero-order valence-electron chi connectivity index (χ0n) is 11.3. The van der Waals surface area contributed by atoms with Crippen molar-refractivity contribution in [3.05, 3.63) is 29.3 Å². The Hall–Kier alpha value is -0.980.